The molecule has 2 saturated carbocycles. The van der Waals surface area contributed by atoms with Crippen LogP contribution < -0.4 is 0 Å². The lowest BCUT2D eigenvalue weighted by Crippen LogP contribution is -2.40. The van der Waals surface area contributed by atoms with Gasteiger partial charge in [0.15, 0.2) is 11.6 Å². The van der Waals surface area contributed by atoms with Crippen molar-refractivity contribution in [2.45, 2.75) is 26.7 Å². The van der Waals surface area contributed by atoms with Crippen LogP contribution in [0.15, 0.2) is 0 Å². The molecule has 0 amide bonds. The molecule has 0 aromatic rings. The first-order valence-corrected chi connectivity index (χ1v) is 6.48. The van der Waals surface area contributed by atoms with Crippen LogP contribution in [0, 0.1) is 22.7 Å². The third-order valence-electron chi connectivity index (χ3n) is 5.16. The van der Waals surface area contributed by atoms with Crippen molar-refractivity contribution in [3.63, 3.8) is 0 Å². The fourth-order valence-corrected chi connectivity index (χ4v) is 3.69. The van der Waals surface area contributed by atoms with Gasteiger partial charge in [-0.25, -0.2) is 0 Å². The average Bonchev–Trinajstić information content (AvgIpc) is 2.84. The zero-order chi connectivity index (χ0) is 15.3. The van der Waals surface area contributed by atoms with Gasteiger partial charge in [0.2, 0.25) is 0 Å². The van der Waals surface area contributed by atoms with Crippen LogP contribution in [0.2, 0.25) is 0 Å². The molecule has 6 heteroatoms. The van der Waals surface area contributed by atoms with E-state index in [0.29, 0.717) is 0 Å². The van der Waals surface area contributed by atoms with E-state index in [0.717, 1.165) is 0 Å². The van der Waals surface area contributed by atoms with E-state index in [4.69, 9.17) is 9.47 Å². The molecule has 2 fully saturated rings. The van der Waals surface area contributed by atoms with Gasteiger partial charge in [-0.2, -0.15) is 0 Å². The first-order valence-electron chi connectivity index (χ1n) is 6.48. The molecular formula is C14H18O6. The maximum atomic E-state index is 12.3. The molecule has 4 atom stereocenters. The third kappa shape index (κ3) is 1.50. The van der Waals surface area contributed by atoms with Crippen LogP contribution >= 0.6 is 0 Å². The number of esters is 2. The van der Waals surface area contributed by atoms with Crippen LogP contribution in [-0.4, -0.2) is 37.7 Å². The summed E-state index contributed by atoms with van der Waals surface area (Å²) in [5, 5.41) is 0. The lowest BCUT2D eigenvalue weighted by molar-refractivity contribution is -0.160. The van der Waals surface area contributed by atoms with Gasteiger partial charge in [-0.1, -0.05) is 0 Å². The molecule has 110 valence electrons. The summed E-state index contributed by atoms with van der Waals surface area (Å²) in [5.41, 5.74) is -2.69. The smallest absolute Gasteiger partial charge is 0.319 e. The first-order chi connectivity index (χ1) is 9.24. The highest BCUT2D eigenvalue weighted by molar-refractivity contribution is 6.12. The zero-order valence-electron chi connectivity index (χ0n) is 12.0. The standard InChI is InChI=1S/C14H18O6/c1-13(11(17)19-3)7-5-10(16)14(2,12(18)20-4)8(7)6-9(13)15/h7-8H,5-6H2,1-4H3/t7-,8-,13-,14-/m0/s1. The van der Waals surface area contributed by atoms with Gasteiger partial charge >= 0.3 is 11.9 Å². The van der Waals surface area contributed by atoms with Crippen molar-refractivity contribution < 1.29 is 28.7 Å². The summed E-state index contributed by atoms with van der Waals surface area (Å²) in [4.78, 5) is 48.5. The number of rotatable bonds is 2. The van der Waals surface area contributed by atoms with Crippen molar-refractivity contribution in [3.05, 3.63) is 0 Å². The minimum absolute atomic E-state index is 0.0214. The number of hydrogen-bond donors (Lipinski definition) is 0. The number of carbonyl (C=O) groups is 4. The van der Waals surface area contributed by atoms with E-state index in [1.54, 1.807) is 0 Å². The van der Waals surface area contributed by atoms with Crippen LogP contribution in [0.25, 0.3) is 0 Å². The quantitative estimate of drug-likeness (QED) is 0.542. The Labute approximate surface area is 116 Å². The van der Waals surface area contributed by atoms with E-state index in [1.807, 2.05) is 0 Å². The van der Waals surface area contributed by atoms with Gasteiger partial charge in [0.25, 0.3) is 0 Å². The predicted octanol–water partition coefficient (Wildman–Crippen LogP) is 0.523. The van der Waals surface area contributed by atoms with Gasteiger partial charge in [-0.15, -0.1) is 0 Å². The van der Waals surface area contributed by atoms with Crippen LogP contribution in [0.1, 0.15) is 26.7 Å². The molecule has 20 heavy (non-hydrogen) atoms. The van der Waals surface area contributed by atoms with Crippen molar-refractivity contribution >= 4 is 23.5 Å². The fourth-order valence-electron chi connectivity index (χ4n) is 3.69. The van der Waals surface area contributed by atoms with Crippen molar-refractivity contribution in [3.8, 4) is 0 Å². The highest BCUT2D eigenvalue weighted by Gasteiger charge is 2.69. The topological polar surface area (TPSA) is 86.7 Å². The lowest BCUT2D eigenvalue weighted by Gasteiger charge is -2.28. The summed E-state index contributed by atoms with van der Waals surface area (Å²) < 4.78 is 9.44. The Hall–Kier alpha value is -1.72. The van der Waals surface area contributed by atoms with Crippen LogP contribution in [0.3, 0.4) is 0 Å². The van der Waals surface area contributed by atoms with E-state index in [9.17, 15) is 19.2 Å². The Kier molecular flexibility index (Phi) is 3.23. The molecule has 2 rings (SSSR count). The normalized spacial score (nSPS) is 39.6. The van der Waals surface area contributed by atoms with Crippen molar-refractivity contribution in [1.29, 1.82) is 0 Å². The van der Waals surface area contributed by atoms with Crippen LogP contribution in [0.5, 0.6) is 0 Å². The molecule has 0 saturated heterocycles. The number of ketones is 2. The third-order valence-corrected chi connectivity index (χ3v) is 5.16. The molecule has 0 unspecified atom stereocenters. The number of Topliss-reactive ketones (excluding diaryl/α,β-unsaturated/α-hetero) is 2. The molecule has 6 nitrogen and oxygen atoms in total. The molecule has 0 heterocycles. The number of carbonyl (C=O) groups excluding carboxylic acids is 4. The molecule has 0 spiro atoms. The SMILES string of the molecule is COC(=O)[C@]1(C)C(=O)C[C@H]2[C@@H]1CC(=O)[C@@]2(C)C(=O)OC. The second kappa shape index (κ2) is 4.40. The molecule has 0 N–H and O–H groups in total. The first kappa shape index (κ1) is 14.7. The molecule has 0 radical (unpaired) electrons. The molecule has 0 aromatic carbocycles. The highest BCUT2D eigenvalue weighted by atomic mass is 16.5. The van der Waals surface area contributed by atoms with Gasteiger partial charge in [0.1, 0.15) is 10.8 Å². The molecule has 2 aliphatic rings. The Balaban J connectivity index is 2.48. The predicted molar refractivity (Wildman–Crippen MR) is 66.5 cm³/mol. The second-order valence-electron chi connectivity index (χ2n) is 5.86. The van der Waals surface area contributed by atoms with Crippen LogP contribution in [0.4, 0.5) is 0 Å². The molecule has 2 aliphatic carbocycles. The minimum atomic E-state index is -1.35. The molecule has 0 bridgehead atoms. The molecule has 0 aliphatic heterocycles. The maximum Gasteiger partial charge on any atom is 0.319 e. The van der Waals surface area contributed by atoms with Gasteiger partial charge in [-0.3, -0.25) is 19.2 Å². The van der Waals surface area contributed by atoms with Gasteiger partial charge in [0.05, 0.1) is 14.2 Å². The van der Waals surface area contributed by atoms with Gasteiger partial charge in [0, 0.05) is 12.8 Å². The summed E-state index contributed by atoms with van der Waals surface area (Å²) >= 11 is 0. The monoisotopic (exact) mass is 282 g/mol. The van der Waals surface area contributed by atoms with Crippen molar-refractivity contribution in [1.82, 2.24) is 0 Å². The van der Waals surface area contributed by atoms with E-state index in [1.165, 1.54) is 28.1 Å². The average molecular weight is 282 g/mol. The number of hydrogen-bond acceptors (Lipinski definition) is 6. The summed E-state index contributed by atoms with van der Waals surface area (Å²) in [6.07, 6.45) is 0.0429. The highest BCUT2D eigenvalue weighted by Crippen LogP contribution is 2.59. The Morgan fingerprint density at radius 3 is 1.45 bits per heavy atom. The van der Waals surface area contributed by atoms with E-state index in [2.05, 4.69) is 0 Å². The van der Waals surface area contributed by atoms with E-state index >= 15 is 0 Å². The minimum Gasteiger partial charge on any atom is -0.468 e. The van der Waals surface area contributed by atoms with E-state index < -0.39 is 34.6 Å². The number of fused-ring (bicyclic) bond motifs is 1. The van der Waals surface area contributed by atoms with Crippen molar-refractivity contribution in [2.75, 3.05) is 14.2 Å². The van der Waals surface area contributed by atoms with Crippen molar-refractivity contribution in [2.24, 2.45) is 22.7 Å². The summed E-state index contributed by atoms with van der Waals surface area (Å²) in [6, 6.07) is 0. The fraction of sp³-hybridized carbons (Fsp3) is 0.714. The summed E-state index contributed by atoms with van der Waals surface area (Å²) in [7, 11) is 2.43. The van der Waals surface area contributed by atoms with Gasteiger partial charge in [-0.05, 0) is 25.7 Å². The number of methoxy groups -OCH3 is 2. The largest absolute Gasteiger partial charge is 0.468 e. The molecule has 0 aromatic heterocycles. The number of ether oxygens (including phenoxy) is 2. The Bertz CT molecular complexity index is 464. The summed E-state index contributed by atoms with van der Waals surface area (Å²) in [5.74, 6) is -2.84. The van der Waals surface area contributed by atoms with E-state index in [-0.39, 0.29) is 24.4 Å². The van der Waals surface area contributed by atoms with Crippen LogP contribution in [-0.2, 0) is 28.7 Å². The zero-order valence-corrected chi connectivity index (χ0v) is 12.0. The molecular weight excluding hydrogens is 264 g/mol. The Morgan fingerprint density at radius 2 is 1.20 bits per heavy atom. The maximum absolute atomic E-state index is 12.3. The Morgan fingerprint density at radius 1 is 0.900 bits per heavy atom. The van der Waals surface area contributed by atoms with Gasteiger partial charge < -0.3 is 9.47 Å². The summed E-state index contributed by atoms with van der Waals surface area (Å²) in [6.45, 7) is 3.00. The lowest BCUT2D eigenvalue weighted by atomic mass is 9.74. The second-order valence-corrected chi connectivity index (χ2v) is 5.86.